The number of ether oxygens (including phenoxy) is 1. The summed E-state index contributed by atoms with van der Waals surface area (Å²) < 4.78 is 5.68. The van der Waals surface area contributed by atoms with Gasteiger partial charge in [0.2, 0.25) is 0 Å². The van der Waals surface area contributed by atoms with Crippen LogP contribution >= 0.6 is 0 Å². The average molecular weight is 270 g/mol. The summed E-state index contributed by atoms with van der Waals surface area (Å²) in [6.45, 7) is 3.37. The zero-order chi connectivity index (χ0) is 13.7. The van der Waals surface area contributed by atoms with E-state index < -0.39 is 0 Å². The van der Waals surface area contributed by atoms with Crippen LogP contribution in [0.15, 0.2) is 0 Å². The van der Waals surface area contributed by atoms with Gasteiger partial charge in [-0.1, -0.05) is 6.42 Å². The van der Waals surface area contributed by atoms with Crippen molar-refractivity contribution in [1.29, 1.82) is 0 Å². The van der Waals surface area contributed by atoms with Crippen LogP contribution < -0.4 is 5.32 Å². The maximum Gasteiger partial charge on any atom is 0.0702 e. The third-order valence-electron chi connectivity index (χ3n) is 5.14. The van der Waals surface area contributed by atoms with Crippen molar-refractivity contribution in [2.24, 2.45) is 5.92 Å². The topological polar surface area (TPSA) is 44.7 Å². The van der Waals surface area contributed by atoms with Crippen molar-refractivity contribution in [1.82, 2.24) is 10.2 Å². The Bertz CT molecular complexity index is 263. The number of hydrogen-bond donors (Lipinski definition) is 2. The smallest absolute Gasteiger partial charge is 0.0702 e. The predicted octanol–water partition coefficient (Wildman–Crippen LogP) is 1.24. The molecule has 3 atom stereocenters. The fourth-order valence-corrected chi connectivity index (χ4v) is 3.78. The van der Waals surface area contributed by atoms with E-state index in [4.69, 9.17) is 4.74 Å². The normalized spacial score (nSPS) is 35.4. The molecule has 19 heavy (non-hydrogen) atoms. The van der Waals surface area contributed by atoms with Gasteiger partial charge in [0.15, 0.2) is 0 Å². The van der Waals surface area contributed by atoms with Gasteiger partial charge in [-0.15, -0.1) is 0 Å². The maximum absolute atomic E-state index is 9.69. The molecule has 2 fully saturated rings. The maximum atomic E-state index is 9.69. The molecule has 1 aliphatic heterocycles. The molecule has 0 spiro atoms. The van der Waals surface area contributed by atoms with E-state index in [1.54, 1.807) is 0 Å². The predicted molar refractivity (Wildman–Crippen MR) is 77.3 cm³/mol. The van der Waals surface area contributed by atoms with Crippen LogP contribution in [0.1, 0.15) is 38.5 Å². The molecular weight excluding hydrogens is 240 g/mol. The molecule has 0 aromatic rings. The van der Waals surface area contributed by atoms with Crippen molar-refractivity contribution in [3.63, 3.8) is 0 Å². The van der Waals surface area contributed by atoms with Gasteiger partial charge in [0.1, 0.15) is 0 Å². The minimum atomic E-state index is -0.0231. The van der Waals surface area contributed by atoms with Crippen LogP contribution in [0.25, 0.3) is 0 Å². The van der Waals surface area contributed by atoms with Crippen LogP contribution in [0, 0.1) is 5.92 Å². The lowest BCUT2D eigenvalue weighted by molar-refractivity contribution is 0.0746. The Hall–Kier alpha value is -0.160. The number of likely N-dealkylation sites (N-methyl/N-ethyl adjacent to an activating group) is 2. The van der Waals surface area contributed by atoms with E-state index in [1.807, 2.05) is 7.05 Å². The fraction of sp³-hybridized carbons (Fsp3) is 1.00. The highest BCUT2D eigenvalue weighted by Gasteiger charge is 2.40. The second kappa shape index (κ2) is 7.02. The van der Waals surface area contributed by atoms with Gasteiger partial charge in [-0.05, 0) is 58.7 Å². The van der Waals surface area contributed by atoms with E-state index in [9.17, 15) is 5.11 Å². The number of nitrogens with zero attached hydrogens (tertiary/aromatic N) is 1. The Kier molecular flexibility index (Phi) is 5.63. The van der Waals surface area contributed by atoms with E-state index >= 15 is 0 Å². The Morgan fingerprint density at radius 3 is 2.84 bits per heavy atom. The summed E-state index contributed by atoms with van der Waals surface area (Å²) in [6.07, 6.45) is 7.64. The first-order valence-corrected chi connectivity index (χ1v) is 7.80. The lowest BCUT2D eigenvalue weighted by atomic mass is 9.85. The second-order valence-electron chi connectivity index (χ2n) is 6.34. The van der Waals surface area contributed by atoms with Crippen molar-refractivity contribution in [2.75, 3.05) is 40.4 Å². The van der Waals surface area contributed by atoms with Gasteiger partial charge in [-0.25, -0.2) is 0 Å². The molecule has 112 valence electrons. The zero-order valence-electron chi connectivity index (χ0n) is 12.5. The third kappa shape index (κ3) is 3.69. The molecule has 1 aliphatic carbocycles. The Morgan fingerprint density at radius 1 is 1.37 bits per heavy atom. The van der Waals surface area contributed by atoms with Crippen LogP contribution in [0.4, 0.5) is 0 Å². The molecule has 0 radical (unpaired) electrons. The van der Waals surface area contributed by atoms with Crippen LogP contribution in [-0.4, -0.2) is 62.0 Å². The molecule has 4 nitrogen and oxygen atoms in total. The highest BCUT2D eigenvalue weighted by molar-refractivity contribution is 4.98. The first-order valence-electron chi connectivity index (χ1n) is 7.80. The van der Waals surface area contributed by atoms with Gasteiger partial charge in [-0.2, -0.15) is 0 Å². The molecule has 0 aromatic heterocycles. The first-order chi connectivity index (χ1) is 9.20. The number of aliphatic hydroxyl groups is 1. The van der Waals surface area contributed by atoms with E-state index in [1.165, 1.54) is 32.1 Å². The van der Waals surface area contributed by atoms with E-state index in [0.717, 1.165) is 26.1 Å². The molecule has 1 saturated carbocycles. The fourth-order valence-electron chi connectivity index (χ4n) is 3.78. The molecule has 2 rings (SSSR count). The molecule has 1 heterocycles. The van der Waals surface area contributed by atoms with Crippen molar-refractivity contribution < 1.29 is 9.84 Å². The molecule has 1 saturated heterocycles. The number of aliphatic hydroxyl groups excluding tert-OH is 1. The number of hydrogen-bond acceptors (Lipinski definition) is 4. The van der Waals surface area contributed by atoms with Crippen LogP contribution in [0.3, 0.4) is 0 Å². The number of rotatable bonds is 7. The first kappa shape index (κ1) is 15.2. The largest absolute Gasteiger partial charge is 0.394 e. The van der Waals surface area contributed by atoms with Gasteiger partial charge < -0.3 is 20.1 Å². The molecule has 2 aliphatic rings. The summed E-state index contributed by atoms with van der Waals surface area (Å²) in [4.78, 5) is 2.39. The Morgan fingerprint density at radius 2 is 2.21 bits per heavy atom. The van der Waals surface area contributed by atoms with Gasteiger partial charge in [-0.3, -0.25) is 0 Å². The highest BCUT2D eigenvalue weighted by Crippen LogP contribution is 2.37. The monoisotopic (exact) mass is 270 g/mol. The molecule has 0 bridgehead atoms. The second-order valence-corrected chi connectivity index (χ2v) is 6.34. The summed E-state index contributed by atoms with van der Waals surface area (Å²) >= 11 is 0. The van der Waals surface area contributed by atoms with Crippen LogP contribution in [-0.2, 0) is 4.74 Å². The summed E-state index contributed by atoms with van der Waals surface area (Å²) in [5.74, 6) is 0.606. The SMILES string of the molecule is CNC1(CO)CCCC1CCN(C)CC1CCCO1. The Labute approximate surface area is 117 Å². The van der Waals surface area contributed by atoms with Crippen molar-refractivity contribution in [3.05, 3.63) is 0 Å². The van der Waals surface area contributed by atoms with Crippen LogP contribution in [0.2, 0.25) is 0 Å². The molecule has 4 heteroatoms. The lowest BCUT2D eigenvalue weighted by Gasteiger charge is -2.34. The Balaban J connectivity index is 1.74. The minimum Gasteiger partial charge on any atom is -0.394 e. The molecule has 0 aromatic carbocycles. The van der Waals surface area contributed by atoms with Gasteiger partial charge in [0.05, 0.1) is 12.7 Å². The van der Waals surface area contributed by atoms with E-state index in [0.29, 0.717) is 12.0 Å². The molecule has 0 amide bonds. The summed E-state index contributed by atoms with van der Waals surface area (Å²) in [7, 11) is 4.18. The van der Waals surface area contributed by atoms with E-state index in [2.05, 4.69) is 17.3 Å². The number of nitrogens with one attached hydrogen (secondary N) is 1. The summed E-state index contributed by atoms with van der Waals surface area (Å²) in [5.41, 5.74) is -0.0231. The van der Waals surface area contributed by atoms with Gasteiger partial charge in [0.25, 0.3) is 0 Å². The lowest BCUT2D eigenvalue weighted by Crippen LogP contribution is -2.50. The standard InChI is InChI=1S/C15H30N2O2/c1-16-15(12-18)8-3-5-13(15)7-9-17(2)11-14-6-4-10-19-14/h13-14,16,18H,3-12H2,1-2H3. The molecule has 2 N–H and O–H groups in total. The van der Waals surface area contributed by atoms with Crippen LogP contribution in [0.5, 0.6) is 0 Å². The quantitative estimate of drug-likeness (QED) is 0.730. The summed E-state index contributed by atoms with van der Waals surface area (Å²) in [6, 6.07) is 0. The molecule has 3 unspecified atom stereocenters. The average Bonchev–Trinajstić information content (AvgIpc) is 3.05. The minimum absolute atomic E-state index is 0.0231. The van der Waals surface area contributed by atoms with Gasteiger partial charge >= 0.3 is 0 Å². The third-order valence-corrected chi connectivity index (χ3v) is 5.14. The van der Waals surface area contributed by atoms with Crippen molar-refractivity contribution >= 4 is 0 Å². The molecular formula is C15H30N2O2. The zero-order valence-corrected chi connectivity index (χ0v) is 12.5. The summed E-state index contributed by atoms with van der Waals surface area (Å²) in [5, 5.41) is 13.1. The highest BCUT2D eigenvalue weighted by atomic mass is 16.5. The van der Waals surface area contributed by atoms with Crippen molar-refractivity contribution in [3.8, 4) is 0 Å². The van der Waals surface area contributed by atoms with E-state index in [-0.39, 0.29) is 12.1 Å². The van der Waals surface area contributed by atoms with Crippen molar-refractivity contribution in [2.45, 2.75) is 50.2 Å². The van der Waals surface area contributed by atoms with Gasteiger partial charge in [0, 0.05) is 18.7 Å².